The van der Waals surface area contributed by atoms with Gasteiger partial charge in [-0.3, -0.25) is 4.79 Å². The van der Waals surface area contributed by atoms with Gasteiger partial charge in [0.1, 0.15) is 0 Å². The molecule has 0 saturated heterocycles. The molecule has 0 aromatic heterocycles. The van der Waals surface area contributed by atoms with Crippen molar-refractivity contribution in [2.24, 2.45) is 5.41 Å². The van der Waals surface area contributed by atoms with E-state index in [1.807, 2.05) is 6.92 Å². The SMILES string of the molecule is COc1cc2c(cc1F)NC(=O)C1(C)CCCC1N2. The van der Waals surface area contributed by atoms with E-state index in [4.69, 9.17) is 4.74 Å². The number of rotatable bonds is 1. The van der Waals surface area contributed by atoms with Gasteiger partial charge in [-0.05, 0) is 19.8 Å². The monoisotopic (exact) mass is 264 g/mol. The maximum atomic E-state index is 13.7. The summed E-state index contributed by atoms with van der Waals surface area (Å²) in [5.41, 5.74) is 0.782. The predicted octanol–water partition coefficient (Wildman–Crippen LogP) is 2.76. The van der Waals surface area contributed by atoms with Crippen molar-refractivity contribution in [1.29, 1.82) is 0 Å². The third-order valence-electron chi connectivity index (χ3n) is 4.35. The number of ether oxygens (including phenoxy) is 1. The molecule has 1 amide bonds. The van der Waals surface area contributed by atoms with Crippen molar-refractivity contribution in [3.05, 3.63) is 17.9 Å². The lowest BCUT2D eigenvalue weighted by atomic mass is 9.84. The maximum absolute atomic E-state index is 13.7. The van der Waals surface area contributed by atoms with E-state index in [9.17, 15) is 9.18 Å². The Bertz CT molecular complexity index is 546. The van der Waals surface area contributed by atoms with Crippen molar-refractivity contribution in [1.82, 2.24) is 0 Å². The molecule has 2 aliphatic rings. The van der Waals surface area contributed by atoms with Crippen LogP contribution in [0.15, 0.2) is 12.1 Å². The Morgan fingerprint density at radius 3 is 2.95 bits per heavy atom. The molecule has 1 saturated carbocycles. The minimum Gasteiger partial charge on any atom is -0.494 e. The van der Waals surface area contributed by atoms with Gasteiger partial charge in [0.05, 0.1) is 23.9 Å². The molecule has 19 heavy (non-hydrogen) atoms. The minimum absolute atomic E-state index is 0.0363. The van der Waals surface area contributed by atoms with Gasteiger partial charge >= 0.3 is 0 Å². The van der Waals surface area contributed by atoms with Crippen LogP contribution in [-0.2, 0) is 4.79 Å². The van der Waals surface area contributed by atoms with Crippen LogP contribution < -0.4 is 15.4 Å². The summed E-state index contributed by atoms with van der Waals surface area (Å²) < 4.78 is 18.7. The average molecular weight is 264 g/mol. The third kappa shape index (κ3) is 1.76. The molecule has 4 nitrogen and oxygen atoms in total. The number of nitrogens with one attached hydrogen (secondary N) is 2. The molecule has 3 rings (SSSR count). The van der Waals surface area contributed by atoms with E-state index >= 15 is 0 Å². The van der Waals surface area contributed by atoms with Crippen LogP contribution in [0.4, 0.5) is 15.8 Å². The lowest BCUT2D eigenvalue weighted by molar-refractivity contribution is -0.124. The normalized spacial score (nSPS) is 28.8. The molecule has 1 aliphatic carbocycles. The van der Waals surface area contributed by atoms with Crippen LogP contribution in [0.25, 0.3) is 0 Å². The smallest absolute Gasteiger partial charge is 0.232 e. The van der Waals surface area contributed by atoms with E-state index in [-0.39, 0.29) is 17.7 Å². The molecule has 0 radical (unpaired) electrons. The van der Waals surface area contributed by atoms with Crippen LogP contribution in [-0.4, -0.2) is 19.1 Å². The molecular weight excluding hydrogens is 247 g/mol. The summed E-state index contributed by atoms with van der Waals surface area (Å²) >= 11 is 0. The number of anilines is 2. The molecule has 1 heterocycles. The summed E-state index contributed by atoms with van der Waals surface area (Å²) in [4.78, 5) is 12.3. The zero-order chi connectivity index (χ0) is 13.6. The van der Waals surface area contributed by atoms with Crippen LogP contribution in [0.5, 0.6) is 5.75 Å². The topological polar surface area (TPSA) is 50.4 Å². The molecule has 0 spiro atoms. The number of carbonyl (C=O) groups excluding carboxylic acids is 1. The molecule has 1 aliphatic heterocycles. The first-order valence-corrected chi connectivity index (χ1v) is 6.50. The van der Waals surface area contributed by atoms with Crippen LogP contribution >= 0.6 is 0 Å². The fraction of sp³-hybridized carbons (Fsp3) is 0.500. The summed E-state index contributed by atoms with van der Waals surface area (Å²) in [6, 6.07) is 3.00. The second kappa shape index (κ2) is 4.11. The number of hydrogen-bond donors (Lipinski definition) is 2. The largest absolute Gasteiger partial charge is 0.494 e. The Balaban J connectivity index is 2.06. The molecule has 102 valence electrons. The molecule has 5 heteroatoms. The van der Waals surface area contributed by atoms with E-state index in [1.165, 1.54) is 13.2 Å². The van der Waals surface area contributed by atoms with E-state index in [1.54, 1.807) is 6.07 Å². The Hall–Kier alpha value is -1.78. The van der Waals surface area contributed by atoms with E-state index in [2.05, 4.69) is 10.6 Å². The molecule has 2 unspecified atom stereocenters. The quantitative estimate of drug-likeness (QED) is 0.820. The number of halogens is 1. The Morgan fingerprint density at radius 2 is 2.21 bits per heavy atom. The van der Waals surface area contributed by atoms with Crippen molar-refractivity contribution < 1.29 is 13.9 Å². The highest BCUT2D eigenvalue weighted by atomic mass is 19.1. The lowest BCUT2D eigenvalue weighted by Crippen LogP contribution is -2.41. The van der Waals surface area contributed by atoms with Gasteiger partial charge in [-0.1, -0.05) is 6.42 Å². The van der Waals surface area contributed by atoms with Gasteiger partial charge in [0, 0.05) is 18.2 Å². The second-order valence-electron chi connectivity index (χ2n) is 5.49. The molecular formula is C14H17FN2O2. The number of benzene rings is 1. The number of carbonyl (C=O) groups is 1. The van der Waals surface area contributed by atoms with Gasteiger partial charge < -0.3 is 15.4 Å². The Kier molecular flexibility index (Phi) is 2.66. The van der Waals surface area contributed by atoms with Crippen molar-refractivity contribution in [2.75, 3.05) is 17.7 Å². The summed E-state index contributed by atoms with van der Waals surface area (Å²) in [5.74, 6) is -0.325. The van der Waals surface area contributed by atoms with Crippen molar-refractivity contribution in [2.45, 2.75) is 32.2 Å². The first-order chi connectivity index (χ1) is 9.04. The first-order valence-electron chi connectivity index (χ1n) is 6.50. The highest BCUT2D eigenvalue weighted by Crippen LogP contribution is 2.45. The van der Waals surface area contributed by atoms with Crippen molar-refractivity contribution >= 4 is 17.3 Å². The van der Waals surface area contributed by atoms with Crippen molar-refractivity contribution in [3.63, 3.8) is 0 Å². The predicted molar refractivity (Wildman–Crippen MR) is 71.0 cm³/mol. The fourth-order valence-electron chi connectivity index (χ4n) is 3.05. The van der Waals surface area contributed by atoms with E-state index < -0.39 is 11.2 Å². The molecule has 0 bridgehead atoms. The molecule has 1 aromatic rings. The highest BCUT2D eigenvalue weighted by Gasteiger charge is 2.46. The highest BCUT2D eigenvalue weighted by molar-refractivity contribution is 6.00. The first kappa shape index (κ1) is 12.3. The van der Waals surface area contributed by atoms with Gasteiger partial charge in [-0.15, -0.1) is 0 Å². The summed E-state index contributed by atoms with van der Waals surface area (Å²) in [5, 5.41) is 6.19. The zero-order valence-corrected chi connectivity index (χ0v) is 11.0. The Labute approximate surface area is 111 Å². The summed E-state index contributed by atoms with van der Waals surface area (Å²) in [6.45, 7) is 1.96. The van der Waals surface area contributed by atoms with Gasteiger partial charge in [-0.25, -0.2) is 4.39 Å². The van der Waals surface area contributed by atoms with E-state index in [0.29, 0.717) is 5.69 Å². The number of fused-ring (bicyclic) bond motifs is 2. The average Bonchev–Trinajstić information content (AvgIpc) is 2.71. The van der Waals surface area contributed by atoms with Crippen molar-refractivity contribution in [3.8, 4) is 5.75 Å². The maximum Gasteiger partial charge on any atom is 0.232 e. The van der Waals surface area contributed by atoms with E-state index in [0.717, 1.165) is 24.9 Å². The Morgan fingerprint density at radius 1 is 1.42 bits per heavy atom. The number of methoxy groups -OCH3 is 1. The number of hydrogen-bond acceptors (Lipinski definition) is 3. The van der Waals surface area contributed by atoms with Crippen LogP contribution in [0.1, 0.15) is 26.2 Å². The minimum atomic E-state index is -0.472. The fourth-order valence-corrected chi connectivity index (χ4v) is 3.05. The molecule has 1 fully saturated rings. The van der Waals surface area contributed by atoms with Crippen LogP contribution in [0.3, 0.4) is 0 Å². The molecule has 2 atom stereocenters. The van der Waals surface area contributed by atoms with Gasteiger partial charge in [-0.2, -0.15) is 0 Å². The third-order valence-corrected chi connectivity index (χ3v) is 4.35. The summed E-state index contributed by atoms with van der Waals surface area (Å²) in [7, 11) is 1.43. The van der Waals surface area contributed by atoms with Crippen LogP contribution in [0, 0.1) is 11.2 Å². The zero-order valence-electron chi connectivity index (χ0n) is 11.0. The van der Waals surface area contributed by atoms with Gasteiger partial charge in [0.25, 0.3) is 0 Å². The summed E-state index contributed by atoms with van der Waals surface area (Å²) in [6.07, 6.45) is 2.82. The lowest BCUT2D eigenvalue weighted by Gasteiger charge is -2.27. The van der Waals surface area contributed by atoms with Gasteiger partial charge in [0.2, 0.25) is 5.91 Å². The molecule has 1 aromatic carbocycles. The number of amides is 1. The molecule has 2 N–H and O–H groups in total. The standard InChI is InChI=1S/C14H17FN2O2/c1-14-5-3-4-12(14)16-10-7-11(19-2)8(15)6-9(10)17-13(14)18/h6-7,12,16H,3-5H2,1-2H3,(H,17,18). The second-order valence-corrected chi connectivity index (χ2v) is 5.49. The van der Waals surface area contributed by atoms with Gasteiger partial charge in [0.15, 0.2) is 11.6 Å². The van der Waals surface area contributed by atoms with Crippen LogP contribution in [0.2, 0.25) is 0 Å².